The summed E-state index contributed by atoms with van der Waals surface area (Å²) in [6.45, 7) is 9.78. The Morgan fingerprint density at radius 2 is 0.629 bits per heavy atom. The summed E-state index contributed by atoms with van der Waals surface area (Å²) >= 11 is 0. The molecule has 0 bridgehead atoms. The fourth-order valence-electron chi connectivity index (χ4n) is 22.5. The molecule has 582 valence electrons. The summed E-state index contributed by atoms with van der Waals surface area (Å²) in [5, 5.41) is 25.2. The largest absolute Gasteiger partial charge is 0.456 e. The van der Waals surface area contributed by atoms with Crippen molar-refractivity contribution in [1.29, 1.82) is 0 Å². The van der Waals surface area contributed by atoms with Gasteiger partial charge in [0, 0.05) is 143 Å². The molecule has 12 heterocycles. The lowest BCUT2D eigenvalue weighted by Gasteiger charge is -2.35. The van der Waals surface area contributed by atoms with Crippen LogP contribution in [0, 0.1) is 0 Å². The Bertz CT molecular complexity index is 9460. The molecule has 0 saturated carbocycles. The highest BCUT2D eigenvalue weighted by Gasteiger charge is 2.41. The van der Waals surface area contributed by atoms with E-state index in [0.29, 0.717) is 0 Å². The van der Waals surface area contributed by atoms with Gasteiger partial charge in [0.1, 0.15) is 41.6 Å². The summed E-state index contributed by atoms with van der Waals surface area (Å²) in [6, 6.07) is 131. The predicted octanol–water partition coefficient (Wildman–Crippen LogP) is 29.2. The van der Waals surface area contributed by atoms with E-state index < -0.39 is 8.07 Å². The summed E-state index contributed by atoms with van der Waals surface area (Å²) in [6.07, 6.45) is 0. The van der Waals surface area contributed by atoms with Gasteiger partial charge in [-0.25, -0.2) is 0 Å². The van der Waals surface area contributed by atoms with Gasteiger partial charge in [-0.1, -0.05) is 245 Å². The molecule has 0 spiro atoms. The Labute approximate surface area is 708 Å². The molecule has 0 atom stereocenters. The molecule has 3 aliphatic heterocycles. The Kier molecular flexibility index (Phi) is 13.4. The van der Waals surface area contributed by atoms with Gasteiger partial charge < -0.3 is 45.4 Å². The third-order valence-electron chi connectivity index (χ3n) is 27.9. The van der Waals surface area contributed by atoms with Crippen LogP contribution in [0.1, 0.15) is 25.0 Å². The lowest BCUT2D eigenvalue weighted by atomic mass is 9.74. The maximum atomic E-state index is 6.40. The molecule has 0 N–H and O–H groups in total. The number of fused-ring (bicyclic) bond motifs is 36. The smallest absolute Gasteiger partial charge is 0.152 e. The lowest BCUT2D eigenvalue weighted by Crippen LogP contribution is -2.57. The van der Waals surface area contributed by atoms with Gasteiger partial charge in [-0.15, -0.1) is 0 Å². The number of hydrogen-bond donors (Lipinski definition) is 0. The second-order valence-corrected chi connectivity index (χ2v) is 39.2. The van der Waals surface area contributed by atoms with Gasteiger partial charge in [0.2, 0.25) is 0 Å². The molecule has 10 nitrogen and oxygen atoms in total. The van der Waals surface area contributed by atoms with Crippen molar-refractivity contribution in [1.82, 2.24) is 27.4 Å². The molecule has 0 unspecified atom stereocenters. The molecule has 0 amide bonds. The highest BCUT2D eigenvalue weighted by Crippen LogP contribution is 2.54. The quantitative estimate of drug-likeness (QED) is 0.165. The first kappa shape index (κ1) is 68.0. The minimum absolute atomic E-state index is 0.169. The SMILES string of the molecule is CC1(C)c2ccccc2-n2c3ccccc3c3c4c5ccccc5n(-c5ccc6c(c5)oc5ccccc56)c4cc1c32.C[Si]1(C)c2ccccc2-n2c3ccccc3c3c2c1cc1c2ccccc2n(-c2ccc4c(c2)oc2ccccc24)c13.c1ccc2c(c1)Oc1cccc3c4c(ccc5c6ccccc6n(-c6ccc7c(c6)oc6ccccc67)c54)n-2c13. The Balaban J connectivity index is 0.0000000951. The summed E-state index contributed by atoms with van der Waals surface area (Å²) in [7, 11) is -2.00. The molecule has 0 saturated heterocycles. The van der Waals surface area contributed by atoms with Crippen molar-refractivity contribution in [2.45, 2.75) is 32.4 Å². The minimum Gasteiger partial charge on any atom is -0.456 e. The number of furan rings is 3. The van der Waals surface area contributed by atoms with Gasteiger partial charge in [0.25, 0.3) is 0 Å². The predicted molar refractivity (Wildman–Crippen MR) is 516 cm³/mol. The van der Waals surface area contributed by atoms with Crippen molar-refractivity contribution in [3.8, 4) is 45.6 Å². The van der Waals surface area contributed by atoms with Crippen LogP contribution in [0.15, 0.2) is 377 Å². The first-order valence-electron chi connectivity index (χ1n) is 42.8. The molecular weight excluding hydrogens is 1530 g/mol. The molecule has 11 heteroatoms. The van der Waals surface area contributed by atoms with E-state index in [2.05, 4.69) is 376 Å². The number of ether oxygens (including phenoxy) is 1. The van der Waals surface area contributed by atoms with Crippen LogP contribution in [0.5, 0.6) is 11.5 Å². The molecule has 0 aliphatic carbocycles. The van der Waals surface area contributed by atoms with Crippen LogP contribution < -0.4 is 15.1 Å². The van der Waals surface area contributed by atoms with E-state index in [1.165, 1.54) is 158 Å². The molecule has 27 aromatic rings. The second kappa shape index (κ2) is 24.5. The van der Waals surface area contributed by atoms with Gasteiger partial charge in [-0.05, 0) is 149 Å². The van der Waals surface area contributed by atoms with Crippen LogP contribution in [-0.4, -0.2) is 35.5 Å². The van der Waals surface area contributed by atoms with Crippen LogP contribution in [0.2, 0.25) is 13.1 Å². The zero-order valence-corrected chi connectivity index (χ0v) is 69.0. The fourth-order valence-corrected chi connectivity index (χ4v) is 25.5. The minimum atomic E-state index is -2.00. The van der Waals surface area contributed by atoms with Crippen molar-refractivity contribution in [2.75, 3.05) is 0 Å². The number of hydrogen-bond acceptors (Lipinski definition) is 4. The molecule has 0 radical (unpaired) electrons. The summed E-state index contributed by atoms with van der Waals surface area (Å²) < 4.78 is 40.2. The zero-order chi connectivity index (χ0) is 81.4. The van der Waals surface area contributed by atoms with Crippen molar-refractivity contribution < 1.29 is 18.0 Å². The van der Waals surface area contributed by atoms with E-state index in [1.54, 1.807) is 0 Å². The van der Waals surface area contributed by atoms with Gasteiger partial charge in [-0.2, -0.15) is 0 Å². The molecule has 124 heavy (non-hydrogen) atoms. The maximum absolute atomic E-state index is 6.40. The lowest BCUT2D eigenvalue weighted by molar-refractivity contribution is 0.476. The molecule has 3 aliphatic rings. The molecule has 0 fully saturated rings. The summed E-state index contributed by atoms with van der Waals surface area (Å²) in [5.41, 5.74) is 29.7. The summed E-state index contributed by atoms with van der Waals surface area (Å²) in [5.74, 6) is 1.75. The van der Waals surface area contributed by atoms with Crippen LogP contribution in [0.4, 0.5) is 0 Å². The molecular formula is C113H72N6O4Si. The fraction of sp³-hybridized carbons (Fsp3) is 0.0442. The first-order chi connectivity index (χ1) is 61.1. The van der Waals surface area contributed by atoms with Crippen molar-refractivity contribution in [2.24, 2.45) is 0 Å². The monoisotopic (exact) mass is 1600 g/mol. The normalized spacial score (nSPS) is 13.7. The van der Waals surface area contributed by atoms with Gasteiger partial charge in [0.05, 0.1) is 77.6 Å². The van der Waals surface area contributed by atoms with Gasteiger partial charge >= 0.3 is 0 Å². The van der Waals surface area contributed by atoms with Crippen molar-refractivity contribution >= 4 is 215 Å². The number of aromatic nitrogens is 6. The number of rotatable bonds is 3. The number of benzene rings is 18. The standard InChI is InChI=1S/C39H26N2O.C38H26N2OSi.C36H20N2O2/c1-39(2)28-14-6-9-17-32(28)41-31-16-8-4-13-27(31)37-36-26-12-3-7-15-30(26)40(33(36)22-29(39)38(37)41)23-19-20-25-24-11-5-10-18-34(24)42-35(25)21-23;1-42(2)34-18-10-8-16-31(34)40-30-15-7-4-13-27(30)36-37-28(22-35(42)38(36)40)24-11-3-6-14-29(24)39(37)23-19-20-26-25-12-5-9-17-32(25)41-33(26)21-23;1-3-11-27-22(8-1)25-18-19-29-34(26-10-7-15-32-35(26)38(29)28-12-4-6-14-31(28)40-32)36(25)37(27)21-16-17-24-23-9-2-5-13-30(23)39-33(24)20-21/h2*3-22H,1-2H3;1-20H. The van der Waals surface area contributed by atoms with Gasteiger partial charge in [0.15, 0.2) is 11.5 Å². The molecule has 18 aromatic carbocycles. The van der Waals surface area contributed by atoms with Crippen LogP contribution >= 0.6 is 0 Å². The maximum Gasteiger partial charge on any atom is 0.152 e. The van der Waals surface area contributed by atoms with Crippen molar-refractivity contribution in [3.63, 3.8) is 0 Å². The average molecular weight is 1610 g/mol. The highest BCUT2D eigenvalue weighted by molar-refractivity contribution is 7.03. The van der Waals surface area contributed by atoms with Crippen LogP contribution in [-0.2, 0) is 5.41 Å². The van der Waals surface area contributed by atoms with E-state index in [-0.39, 0.29) is 5.41 Å². The Morgan fingerprint density at radius 3 is 1.23 bits per heavy atom. The number of nitrogens with zero attached hydrogens (tertiary/aromatic N) is 6. The summed E-state index contributed by atoms with van der Waals surface area (Å²) in [4.78, 5) is 0. The van der Waals surface area contributed by atoms with E-state index >= 15 is 0 Å². The van der Waals surface area contributed by atoms with E-state index in [4.69, 9.17) is 18.0 Å². The molecule has 30 rings (SSSR count). The van der Waals surface area contributed by atoms with E-state index in [9.17, 15) is 0 Å². The zero-order valence-electron chi connectivity index (χ0n) is 68.0. The van der Waals surface area contributed by atoms with E-state index in [0.717, 1.165) is 106 Å². The first-order valence-corrected chi connectivity index (χ1v) is 45.8. The van der Waals surface area contributed by atoms with Crippen LogP contribution in [0.3, 0.4) is 0 Å². The third kappa shape index (κ3) is 8.91. The average Bonchev–Trinajstić information content (AvgIpc) is 1.51. The molecule has 9 aromatic heterocycles. The Morgan fingerprint density at radius 1 is 0.218 bits per heavy atom. The van der Waals surface area contributed by atoms with Gasteiger partial charge in [-0.3, -0.25) is 0 Å². The third-order valence-corrected chi connectivity index (χ3v) is 31.4. The highest BCUT2D eigenvalue weighted by atomic mass is 28.3. The number of para-hydroxylation sites is 13. The topological polar surface area (TPSA) is 78.2 Å². The second-order valence-electron chi connectivity index (χ2n) is 34.9. The van der Waals surface area contributed by atoms with Crippen LogP contribution in [0.25, 0.3) is 231 Å². The van der Waals surface area contributed by atoms with E-state index in [1.807, 2.05) is 42.5 Å². The van der Waals surface area contributed by atoms with Crippen molar-refractivity contribution in [3.05, 3.63) is 375 Å². The Hall–Kier alpha value is -15.8.